The van der Waals surface area contributed by atoms with E-state index in [1.807, 2.05) is 19.1 Å². The molecule has 1 aliphatic heterocycles. The lowest BCUT2D eigenvalue weighted by molar-refractivity contribution is -0.150. The van der Waals surface area contributed by atoms with E-state index in [1.165, 1.54) is 0 Å². The Bertz CT molecular complexity index is 397. The third-order valence-electron chi connectivity index (χ3n) is 3.70. The summed E-state index contributed by atoms with van der Waals surface area (Å²) in [6.07, 6.45) is 5.20. The van der Waals surface area contributed by atoms with E-state index in [-0.39, 0.29) is 30.4 Å². The summed E-state index contributed by atoms with van der Waals surface area (Å²) in [7, 11) is 0. The molecule has 3 N–H and O–H groups in total. The maximum Gasteiger partial charge on any atom is 0.245 e. The highest BCUT2D eigenvalue weighted by Crippen LogP contribution is 2.21. The molecule has 2 rings (SSSR count). The predicted molar refractivity (Wildman–Crippen MR) is 74.8 cm³/mol. The van der Waals surface area contributed by atoms with Crippen LogP contribution < -0.4 is 11.1 Å². The Morgan fingerprint density at radius 3 is 2.90 bits per heavy atom. The molecule has 1 aliphatic carbocycles. The van der Waals surface area contributed by atoms with Crippen LogP contribution in [0, 0.1) is 5.92 Å². The van der Waals surface area contributed by atoms with Gasteiger partial charge in [-0.15, -0.1) is 0 Å². The minimum absolute atomic E-state index is 0.0193. The van der Waals surface area contributed by atoms with E-state index in [9.17, 15) is 9.59 Å². The minimum atomic E-state index is -0.520. The van der Waals surface area contributed by atoms with Crippen molar-refractivity contribution in [2.75, 3.05) is 26.3 Å². The molecule has 0 bridgehead atoms. The lowest BCUT2D eigenvalue weighted by Gasteiger charge is -2.36. The smallest absolute Gasteiger partial charge is 0.245 e. The summed E-state index contributed by atoms with van der Waals surface area (Å²) < 4.78 is 5.35. The molecular weight excluding hydrogens is 258 g/mol. The second-order valence-electron chi connectivity index (χ2n) is 5.30. The zero-order valence-corrected chi connectivity index (χ0v) is 11.9. The van der Waals surface area contributed by atoms with Crippen molar-refractivity contribution in [2.45, 2.75) is 31.8 Å². The molecule has 3 unspecified atom stereocenters. The van der Waals surface area contributed by atoms with Crippen LogP contribution in [0.4, 0.5) is 0 Å². The third kappa shape index (κ3) is 3.37. The fourth-order valence-corrected chi connectivity index (χ4v) is 2.57. The van der Waals surface area contributed by atoms with Gasteiger partial charge in [0.15, 0.2) is 0 Å². The van der Waals surface area contributed by atoms with Crippen molar-refractivity contribution in [1.82, 2.24) is 10.2 Å². The van der Waals surface area contributed by atoms with Gasteiger partial charge in [-0.25, -0.2) is 0 Å². The highest BCUT2D eigenvalue weighted by atomic mass is 16.5. The molecule has 2 aliphatic rings. The molecule has 1 saturated heterocycles. The maximum atomic E-state index is 12.5. The number of amides is 2. The first-order valence-corrected chi connectivity index (χ1v) is 7.23. The number of nitrogens with zero attached hydrogens (tertiary/aromatic N) is 1. The van der Waals surface area contributed by atoms with Crippen LogP contribution in [0.1, 0.15) is 19.8 Å². The van der Waals surface area contributed by atoms with Gasteiger partial charge < -0.3 is 20.7 Å². The molecular formula is C14H23N3O3. The SMILES string of the molecule is CCCNC(=O)C1COCCN1C(=O)C1C=CC(N)C1. The van der Waals surface area contributed by atoms with Crippen LogP contribution in [-0.2, 0) is 14.3 Å². The van der Waals surface area contributed by atoms with E-state index in [1.54, 1.807) is 4.90 Å². The molecule has 112 valence electrons. The standard InChI is InChI=1S/C14H23N3O3/c1-2-5-16-13(18)12-9-20-7-6-17(12)14(19)10-3-4-11(15)8-10/h3-4,10-12H,2,5-9,15H2,1H3,(H,16,18). The van der Waals surface area contributed by atoms with Gasteiger partial charge in [-0.2, -0.15) is 0 Å². The molecule has 0 aromatic rings. The van der Waals surface area contributed by atoms with E-state index in [2.05, 4.69) is 5.32 Å². The number of nitrogens with one attached hydrogen (secondary N) is 1. The minimum Gasteiger partial charge on any atom is -0.377 e. The number of rotatable bonds is 4. The molecule has 1 fully saturated rings. The lowest BCUT2D eigenvalue weighted by atomic mass is 10.0. The van der Waals surface area contributed by atoms with Gasteiger partial charge in [0, 0.05) is 19.1 Å². The van der Waals surface area contributed by atoms with Crippen molar-refractivity contribution in [3.63, 3.8) is 0 Å². The van der Waals surface area contributed by atoms with Crippen molar-refractivity contribution in [2.24, 2.45) is 11.7 Å². The van der Waals surface area contributed by atoms with E-state index >= 15 is 0 Å². The molecule has 0 aromatic carbocycles. The first-order chi connectivity index (χ1) is 9.63. The molecule has 20 heavy (non-hydrogen) atoms. The molecule has 3 atom stereocenters. The molecule has 2 amide bonds. The van der Waals surface area contributed by atoms with E-state index in [0.717, 1.165) is 6.42 Å². The van der Waals surface area contributed by atoms with E-state index < -0.39 is 6.04 Å². The largest absolute Gasteiger partial charge is 0.377 e. The average molecular weight is 281 g/mol. The summed E-state index contributed by atoms with van der Waals surface area (Å²) in [5.41, 5.74) is 5.79. The topological polar surface area (TPSA) is 84.7 Å². The number of carbonyl (C=O) groups excluding carboxylic acids is 2. The van der Waals surface area contributed by atoms with Crippen molar-refractivity contribution < 1.29 is 14.3 Å². The van der Waals surface area contributed by atoms with Crippen molar-refractivity contribution in [1.29, 1.82) is 0 Å². The average Bonchev–Trinajstić information content (AvgIpc) is 2.90. The fourth-order valence-electron chi connectivity index (χ4n) is 2.57. The molecule has 0 saturated carbocycles. The zero-order chi connectivity index (χ0) is 14.5. The molecule has 6 heteroatoms. The number of nitrogens with two attached hydrogens (primary N) is 1. The quantitative estimate of drug-likeness (QED) is 0.689. The number of morpholine rings is 1. The summed E-state index contributed by atoms with van der Waals surface area (Å²) in [5, 5.41) is 2.83. The monoisotopic (exact) mass is 281 g/mol. The van der Waals surface area contributed by atoms with Crippen molar-refractivity contribution in [3.05, 3.63) is 12.2 Å². The molecule has 0 radical (unpaired) electrons. The number of carbonyl (C=O) groups is 2. The second kappa shape index (κ2) is 6.85. The summed E-state index contributed by atoms with van der Waals surface area (Å²) in [4.78, 5) is 26.3. The second-order valence-corrected chi connectivity index (χ2v) is 5.30. The summed E-state index contributed by atoms with van der Waals surface area (Å²) in [5.74, 6) is -0.357. The Balaban J connectivity index is 2.01. The zero-order valence-electron chi connectivity index (χ0n) is 11.9. The van der Waals surface area contributed by atoms with Gasteiger partial charge in [-0.1, -0.05) is 19.1 Å². The Morgan fingerprint density at radius 1 is 1.45 bits per heavy atom. The van der Waals surface area contributed by atoms with E-state index in [4.69, 9.17) is 10.5 Å². The van der Waals surface area contributed by atoms with Crippen molar-refractivity contribution in [3.8, 4) is 0 Å². The molecule has 0 spiro atoms. The third-order valence-corrected chi connectivity index (χ3v) is 3.70. The highest BCUT2D eigenvalue weighted by molar-refractivity contribution is 5.89. The number of ether oxygens (including phenoxy) is 1. The Kier molecular flexibility index (Phi) is 5.14. The molecule has 6 nitrogen and oxygen atoms in total. The normalized spacial score (nSPS) is 29.5. The van der Waals surface area contributed by atoms with Gasteiger partial charge in [-0.05, 0) is 12.8 Å². The van der Waals surface area contributed by atoms with Crippen LogP contribution in [-0.4, -0.2) is 55.1 Å². The Morgan fingerprint density at radius 2 is 2.25 bits per heavy atom. The summed E-state index contributed by atoms with van der Waals surface area (Å²) >= 11 is 0. The molecule has 0 aromatic heterocycles. The van der Waals surface area contributed by atoms with Crippen molar-refractivity contribution >= 4 is 11.8 Å². The van der Waals surface area contributed by atoms with Crippen LogP contribution in [0.5, 0.6) is 0 Å². The maximum absolute atomic E-state index is 12.5. The van der Waals surface area contributed by atoms with Crippen LogP contribution in [0.3, 0.4) is 0 Å². The van der Waals surface area contributed by atoms with Crippen LogP contribution in [0.15, 0.2) is 12.2 Å². The van der Waals surface area contributed by atoms with Gasteiger partial charge in [0.25, 0.3) is 0 Å². The van der Waals surface area contributed by atoms with Crippen LogP contribution in [0.25, 0.3) is 0 Å². The first-order valence-electron chi connectivity index (χ1n) is 7.23. The van der Waals surface area contributed by atoms with Crippen LogP contribution >= 0.6 is 0 Å². The number of hydrogen-bond acceptors (Lipinski definition) is 4. The van der Waals surface area contributed by atoms with Crippen LogP contribution in [0.2, 0.25) is 0 Å². The van der Waals surface area contributed by atoms with Gasteiger partial charge in [0.1, 0.15) is 6.04 Å². The van der Waals surface area contributed by atoms with Gasteiger partial charge >= 0.3 is 0 Å². The highest BCUT2D eigenvalue weighted by Gasteiger charge is 2.36. The van der Waals surface area contributed by atoms with Gasteiger partial charge in [-0.3, -0.25) is 9.59 Å². The predicted octanol–water partition coefficient (Wildman–Crippen LogP) is -0.357. The number of hydrogen-bond donors (Lipinski definition) is 2. The first kappa shape index (κ1) is 15.0. The lowest BCUT2D eigenvalue weighted by Crippen LogP contribution is -2.57. The Hall–Kier alpha value is -1.40. The molecule has 1 heterocycles. The van der Waals surface area contributed by atoms with E-state index in [0.29, 0.717) is 26.1 Å². The van der Waals surface area contributed by atoms with Gasteiger partial charge in [0.05, 0.1) is 19.1 Å². The summed E-state index contributed by atoms with van der Waals surface area (Å²) in [6.45, 7) is 3.81. The Labute approximate surface area is 119 Å². The summed E-state index contributed by atoms with van der Waals surface area (Å²) in [6, 6.07) is -0.578. The fraction of sp³-hybridized carbons (Fsp3) is 0.714. The van der Waals surface area contributed by atoms with Gasteiger partial charge in [0.2, 0.25) is 11.8 Å².